The second kappa shape index (κ2) is 10.8. The average molecular weight is 619 g/mol. The Labute approximate surface area is 229 Å². The number of fused-ring (bicyclic) bond motifs is 2. The van der Waals surface area contributed by atoms with Crippen LogP contribution in [-0.4, -0.2) is 70.9 Å². The number of piperazine rings is 1. The van der Waals surface area contributed by atoms with Crippen molar-refractivity contribution in [1.82, 2.24) is 19.7 Å². The molecule has 2 aromatic rings. The number of pyridine rings is 1. The Balaban J connectivity index is 1.30. The van der Waals surface area contributed by atoms with E-state index < -0.39 is 0 Å². The molecule has 2 saturated heterocycles. The Morgan fingerprint density at radius 2 is 1.75 bits per heavy atom. The molecule has 3 amide bonds. The van der Waals surface area contributed by atoms with E-state index >= 15 is 0 Å². The van der Waals surface area contributed by atoms with Gasteiger partial charge in [0.1, 0.15) is 0 Å². The number of amides is 3. The molecule has 3 heterocycles. The summed E-state index contributed by atoms with van der Waals surface area (Å²) in [5.74, 6) is 0.559. The fourth-order valence-electron chi connectivity index (χ4n) is 5.94. The number of hydrogen-bond acceptors (Lipinski definition) is 4. The molecule has 0 radical (unpaired) electrons. The van der Waals surface area contributed by atoms with Gasteiger partial charge in [-0.2, -0.15) is 0 Å². The molecule has 9 heteroatoms. The second-order valence-corrected chi connectivity index (χ2v) is 12.0. The zero-order valence-corrected chi connectivity index (χ0v) is 23.9. The highest BCUT2D eigenvalue weighted by molar-refractivity contribution is 9.10. The number of nitrogens with two attached hydrogens (primary N) is 1. The molecular weight excluding hydrogens is 586 g/mol. The number of hydrogen-bond donors (Lipinski definition) is 1. The number of halogens is 2. The van der Waals surface area contributed by atoms with E-state index in [1.807, 2.05) is 11.1 Å². The summed E-state index contributed by atoms with van der Waals surface area (Å²) in [5.41, 5.74) is 11.8. The molecule has 1 atom stereocenters. The molecule has 2 aliphatic heterocycles. The van der Waals surface area contributed by atoms with Gasteiger partial charge in [0, 0.05) is 60.8 Å². The topological polar surface area (TPSA) is 82.8 Å². The van der Waals surface area contributed by atoms with E-state index in [9.17, 15) is 9.59 Å². The van der Waals surface area contributed by atoms with Crippen molar-refractivity contribution < 1.29 is 9.59 Å². The van der Waals surface area contributed by atoms with Gasteiger partial charge >= 0.3 is 6.03 Å². The van der Waals surface area contributed by atoms with Crippen LogP contribution in [-0.2, 0) is 17.6 Å². The standard InChI is InChI=1S/C27H33Br2N5O2/c1-17-2-4-22-21(24(17)29)5-3-19-15-20(28)16-31-25(19)26(22)33-12-10-32(11-13-33)23(35)14-18-6-8-34(9-7-18)27(30)36/h2,4,15-16,18,26H,3,5-14H2,1H3,(H2,30,36). The molecule has 1 aromatic heterocycles. The minimum atomic E-state index is -0.360. The number of likely N-dealkylation sites (tertiary alicyclic amines) is 1. The third-order valence-electron chi connectivity index (χ3n) is 8.06. The van der Waals surface area contributed by atoms with Gasteiger partial charge in [0.05, 0.1) is 11.7 Å². The first kappa shape index (κ1) is 25.7. The summed E-state index contributed by atoms with van der Waals surface area (Å²) < 4.78 is 2.21. The zero-order valence-electron chi connectivity index (χ0n) is 20.7. The minimum Gasteiger partial charge on any atom is -0.351 e. The van der Waals surface area contributed by atoms with Crippen molar-refractivity contribution in [2.45, 2.75) is 45.1 Å². The van der Waals surface area contributed by atoms with E-state index in [4.69, 9.17) is 10.7 Å². The molecule has 1 aromatic carbocycles. The Morgan fingerprint density at radius 1 is 1.03 bits per heavy atom. The van der Waals surface area contributed by atoms with Crippen molar-refractivity contribution in [3.8, 4) is 0 Å². The zero-order chi connectivity index (χ0) is 25.4. The Hall–Kier alpha value is -1.97. The van der Waals surface area contributed by atoms with Crippen LogP contribution < -0.4 is 5.73 Å². The van der Waals surface area contributed by atoms with E-state index in [0.29, 0.717) is 25.4 Å². The van der Waals surface area contributed by atoms with Gasteiger partial charge in [-0.25, -0.2) is 4.79 Å². The molecule has 0 bridgehead atoms. The summed E-state index contributed by atoms with van der Waals surface area (Å²) in [6, 6.07) is 6.41. The fourth-order valence-corrected chi connectivity index (χ4v) is 6.88. The van der Waals surface area contributed by atoms with E-state index in [1.165, 1.54) is 26.7 Å². The fraction of sp³-hybridized carbons (Fsp3) is 0.519. The van der Waals surface area contributed by atoms with Gasteiger partial charge in [0.25, 0.3) is 0 Å². The van der Waals surface area contributed by atoms with Gasteiger partial charge in [-0.3, -0.25) is 14.7 Å². The minimum absolute atomic E-state index is 0.0814. The monoisotopic (exact) mass is 617 g/mol. The first-order chi connectivity index (χ1) is 17.3. The summed E-state index contributed by atoms with van der Waals surface area (Å²) >= 11 is 7.48. The number of aryl methyl sites for hydroxylation is 2. The maximum atomic E-state index is 13.1. The van der Waals surface area contributed by atoms with Gasteiger partial charge in [-0.05, 0) is 82.8 Å². The average Bonchev–Trinajstić information content (AvgIpc) is 3.03. The molecule has 2 N–H and O–H groups in total. The van der Waals surface area contributed by atoms with E-state index in [-0.39, 0.29) is 18.0 Å². The highest BCUT2D eigenvalue weighted by Gasteiger charge is 2.34. The lowest BCUT2D eigenvalue weighted by Crippen LogP contribution is -2.50. The maximum Gasteiger partial charge on any atom is 0.314 e. The van der Waals surface area contributed by atoms with Gasteiger partial charge in [-0.1, -0.05) is 28.1 Å². The van der Waals surface area contributed by atoms with Crippen LogP contribution in [0.4, 0.5) is 4.79 Å². The predicted octanol–water partition coefficient (Wildman–Crippen LogP) is 4.43. The molecular formula is C27H33Br2N5O2. The molecule has 0 saturated carbocycles. The van der Waals surface area contributed by atoms with Crippen molar-refractivity contribution in [2.24, 2.45) is 11.7 Å². The van der Waals surface area contributed by atoms with Crippen molar-refractivity contribution in [3.63, 3.8) is 0 Å². The van der Waals surface area contributed by atoms with E-state index in [1.54, 1.807) is 4.90 Å². The van der Waals surface area contributed by atoms with Crippen molar-refractivity contribution in [3.05, 3.63) is 61.3 Å². The number of benzene rings is 1. The quantitative estimate of drug-likeness (QED) is 0.552. The van der Waals surface area contributed by atoms with Crippen LogP contribution in [0, 0.1) is 12.8 Å². The molecule has 1 aliphatic carbocycles. The molecule has 3 aliphatic rings. The molecule has 2 fully saturated rings. The third kappa shape index (κ3) is 5.20. The highest BCUT2D eigenvalue weighted by atomic mass is 79.9. The summed E-state index contributed by atoms with van der Waals surface area (Å²) in [6.07, 6.45) is 6.10. The lowest BCUT2D eigenvalue weighted by molar-refractivity contribution is -0.134. The first-order valence-electron chi connectivity index (χ1n) is 12.8. The summed E-state index contributed by atoms with van der Waals surface area (Å²) in [5, 5.41) is 0. The SMILES string of the molecule is Cc1ccc2c(c1Br)CCc1cc(Br)cnc1C2N1CCN(C(=O)CC2CCN(C(N)=O)CC2)CC1. The number of primary amides is 1. The highest BCUT2D eigenvalue weighted by Crippen LogP contribution is 2.40. The lowest BCUT2D eigenvalue weighted by Gasteiger charge is -2.40. The Bertz CT molecular complexity index is 1160. The Morgan fingerprint density at radius 3 is 2.44 bits per heavy atom. The van der Waals surface area contributed by atoms with Crippen LogP contribution in [0.15, 0.2) is 33.3 Å². The summed E-state index contributed by atoms with van der Waals surface area (Å²) in [7, 11) is 0. The Kier molecular flexibility index (Phi) is 7.70. The molecule has 0 spiro atoms. The third-order valence-corrected chi connectivity index (χ3v) is 9.60. The van der Waals surface area contributed by atoms with Crippen LogP contribution in [0.5, 0.6) is 0 Å². The largest absolute Gasteiger partial charge is 0.351 e. The van der Waals surface area contributed by atoms with E-state index in [2.05, 4.69) is 61.9 Å². The molecule has 7 nitrogen and oxygen atoms in total. The second-order valence-electron chi connectivity index (χ2n) is 10.3. The smallest absolute Gasteiger partial charge is 0.314 e. The van der Waals surface area contributed by atoms with Crippen LogP contribution >= 0.6 is 31.9 Å². The summed E-state index contributed by atoms with van der Waals surface area (Å²) in [4.78, 5) is 35.6. The van der Waals surface area contributed by atoms with Crippen LogP contribution in [0.1, 0.15) is 53.3 Å². The number of piperidine rings is 1. The number of carbonyl (C=O) groups is 2. The normalized spacial score (nSPS) is 21.0. The summed E-state index contributed by atoms with van der Waals surface area (Å²) in [6.45, 7) is 6.54. The van der Waals surface area contributed by atoms with Gasteiger partial charge < -0.3 is 15.5 Å². The van der Waals surface area contributed by atoms with Crippen molar-refractivity contribution >= 4 is 43.8 Å². The lowest BCUT2D eigenvalue weighted by atomic mass is 9.92. The number of rotatable bonds is 3. The predicted molar refractivity (Wildman–Crippen MR) is 147 cm³/mol. The van der Waals surface area contributed by atoms with Gasteiger partial charge in [0.15, 0.2) is 0 Å². The number of urea groups is 1. The number of nitrogens with zero attached hydrogens (tertiary/aromatic N) is 4. The molecule has 5 rings (SSSR count). The molecule has 1 unspecified atom stereocenters. The maximum absolute atomic E-state index is 13.1. The van der Waals surface area contributed by atoms with E-state index in [0.717, 1.165) is 62.0 Å². The van der Waals surface area contributed by atoms with Crippen LogP contribution in [0.25, 0.3) is 0 Å². The number of carbonyl (C=O) groups excluding carboxylic acids is 2. The van der Waals surface area contributed by atoms with Gasteiger partial charge in [0.2, 0.25) is 5.91 Å². The molecule has 192 valence electrons. The molecule has 36 heavy (non-hydrogen) atoms. The van der Waals surface area contributed by atoms with Gasteiger partial charge in [-0.15, -0.1) is 0 Å². The number of aromatic nitrogens is 1. The van der Waals surface area contributed by atoms with Crippen molar-refractivity contribution in [2.75, 3.05) is 39.3 Å². The van der Waals surface area contributed by atoms with Crippen LogP contribution in [0.2, 0.25) is 0 Å². The van der Waals surface area contributed by atoms with Crippen LogP contribution in [0.3, 0.4) is 0 Å². The first-order valence-corrected chi connectivity index (χ1v) is 14.4. The van der Waals surface area contributed by atoms with Crippen molar-refractivity contribution in [1.29, 1.82) is 0 Å².